The van der Waals surface area contributed by atoms with Gasteiger partial charge in [-0.3, -0.25) is 0 Å². The predicted octanol–water partition coefficient (Wildman–Crippen LogP) is 5.25. The van der Waals surface area contributed by atoms with E-state index < -0.39 is 0 Å². The van der Waals surface area contributed by atoms with E-state index in [1.807, 2.05) is 24.3 Å². The Kier molecular flexibility index (Phi) is 4.41. The lowest BCUT2D eigenvalue weighted by molar-refractivity contribution is 0.297. The highest BCUT2D eigenvalue weighted by Gasteiger charge is 2.16. The highest BCUT2D eigenvalue weighted by molar-refractivity contribution is 9.10. The number of ether oxygens (including phenoxy) is 2. The van der Waals surface area contributed by atoms with E-state index in [1.165, 1.54) is 5.56 Å². The third-order valence-electron chi connectivity index (χ3n) is 3.42. The molecule has 2 nitrogen and oxygen atoms in total. The average molecular weight is 368 g/mol. The molecule has 21 heavy (non-hydrogen) atoms. The minimum absolute atomic E-state index is 0.210. The van der Waals surface area contributed by atoms with Crippen LogP contribution in [-0.2, 0) is 0 Å². The van der Waals surface area contributed by atoms with Gasteiger partial charge < -0.3 is 9.47 Å². The van der Waals surface area contributed by atoms with Gasteiger partial charge in [0.15, 0.2) is 11.5 Å². The van der Waals surface area contributed by atoms with Gasteiger partial charge in [0, 0.05) is 10.9 Å². The van der Waals surface area contributed by atoms with Crippen LogP contribution in [0.2, 0.25) is 0 Å². The molecule has 3 rings (SSSR count). The lowest BCUT2D eigenvalue weighted by Gasteiger charge is -2.14. The Morgan fingerprint density at radius 2 is 1.76 bits per heavy atom. The van der Waals surface area contributed by atoms with E-state index in [9.17, 15) is 0 Å². The second-order valence-corrected chi connectivity index (χ2v) is 6.53. The Balaban J connectivity index is 1.94. The molecule has 0 saturated heterocycles. The molecular weight excluding hydrogens is 352 g/mol. The molecule has 110 valence electrons. The maximum atomic E-state index is 6.64. The molecule has 2 aromatic carbocycles. The van der Waals surface area contributed by atoms with Crippen molar-refractivity contribution in [2.75, 3.05) is 13.2 Å². The van der Waals surface area contributed by atoms with Crippen molar-refractivity contribution in [2.24, 2.45) is 0 Å². The van der Waals surface area contributed by atoms with Crippen molar-refractivity contribution >= 4 is 27.5 Å². The molecule has 1 aliphatic rings. The van der Waals surface area contributed by atoms with E-state index in [-0.39, 0.29) is 5.38 Å². The Labute approximate surface area is 138 Å². The maximum absolute atomic E-state index is 6.64. The fourth-order valence-electron chi connectivity index (χ4n) is 2.44. The number of hydrogen-bond acceptors (Lipinski definition) is 2. The summed E-state index contributed by atoms with van der Waals surface area (Å²) >= 11 is 10.2. The summed E-state index contributed by atoms with van der Waals surface area (Å²) in [6.45, 7) is 3.44. The summed E-state index contributed by atoms with van der Waals surface area (Å²) in [5.41, 5.74) is 3.26. The van der Waals surface area contributed by atoms with Crippen LogP contribution in [0, 0.1) is 6.92 Å². The average Bonchev–Trinajstić information content (AvgIpc) is 2.69. The van der Waals surface area contributed by atoms with E-state index in [4.69, 9.17) is 21.1 Å². The molecule has 4 heteroatoms. The molecule has 0 amide bonds. The van der Waals surface area contributed by atoms with Gasteiger partial charge in [-0.15, -0.1) is 11.6 Å². The fraction of sp³-hybridized carbons (Fsp3) is 0.294. The minimum Gasteiger partial charge on any atom is -0.490 e. The summed E-state index contributed by atoms with van der Waals surface area (Å²) in [4.78, 5) is 0. The summed E-state index contributed by atoms with van der Waals surface area (Å²) in [6, 6.07) is 12.1. The topological polar surface area (TPSA) is 18.5 Å². The van der Waals surface area contributed by atoms with Gasteiger partial charge in [-0.25, -0.2) is 0 Å². The molecule has 2 aromatic rings. The molecule has 1 unspecified atom stereocenters. The number of fused-ring (bicyclic) bond motifs is 1. The Morgan fingerprint density at radius 1 is 1.00 bits per heavy atom. The van der Waals surface area contributed by atoms with Gasteiger partial charge >= 0.3 is 0 Å². The van der Waals surface area contributed by atoms with Gasteiger partial charge in [-0.05, 0) is 47.9 Å². The van der Waals surface area contributed by atoms with E-state index in [0.717, 1.165) is 33.5 Å². The third kappa shape index (κ3) is 3.35. The van der Waals surface area contributed by atoms with Crippen LogP contribution in [0.15, 0.2) is 40.9 Å². The lowest BCUT2D eigenvalue weighted by atomic mass is 10.0. The lowest BCUT2D eigenvalue weighted by Crippen LogP contribution is -1.98. The number of benzene rings is 2. The molecule has 0 N–H and O–H groups in total. The van der Waals surface area contributed by atoms with Crippen LogP contribution in [0.5, 0.6) is 11.5 Å². The van der Waals surface area contributed by atoms with E-state index in [1.54, 1.807) is 0 Å². The van der Waals surface area contributed by atoms with Crippen LogP contribution in [-0.4, -0.2) is 13.2 Å². The van der Waals surface area contributed by atoms with Gasteiger partial charge in [0.25, 0.3) is 0 Å². The Morgan fingerprint density at radius 3 is 2.52 bits per heavy atom. The first-order chi connectivity index (χ1) is 10.1. The standard InChI is InChI=1S/C17H16BrClO2/c1-11-7-13(9-14(18)8-11)17(19)12-3-4-15-16(10-12)21-6-2-5-20-15/h3-4,7-10,17H,2,5-6H2,1H3. The minimum atomic E-state index is -0.210. The first-order valence-corrected chi connectivity index (χ1v) is 8.17. The zero-order valence-corrected chi connectivity index (χ0v) is 14.1. The molecule has 0 fully saturated rings. The van der Waals surface area contributed by atoms with Gasteiger partial charge in [-0.2, -0.15) is 0 Å². The Bertz CT molecular complexity index is 637. The second kappa shape index (κ2) is 6.29. The van der Waals surface area contributed by atoms with E-state index in [2.05, 4.69) is 35.0 Å². The van der Waals surface area contributed by atoms with Crippen molar-refractivity contribution in [3.8, 4) is 11.5 Å². The van der Waals surface area contributed by atoms with Crippen LogP contribution < -0.4 is 9.47 Å². The van der Waals surface area contributed by atoms with Crippen LogP contribution in [0.3, 0.4) is 0 Å². The monoisotopic (exact) mass is 366 g/mol. The largest absolute Gasteiger partial charge is 0.490 e. The van der Waals surface area contributed by atoms with Crippen LogP contribution in [0.4, 0.5) is 0 Å². The van der Waals surface area contributed by atoms with E-state index >= 15 is 0 Å². The summed E-state index contributed by atoms with van der Waals surface area (Å²) < 4.78 is 12.4. The van der Waals surface area contributed by atoms with Crippen molar-refractivity contribution in [1.29, 1.82) is 0 Å². The van der Waals surface area contributed by atoms with Crippen molar-refractivity contribution in [3.05, 3.63) is 57.6 Å². The second-order valence-electron chi connectivity index (χ2n) is 5.18. The highest BCUT2D eigenvalue weighted by Crippen LogP contribution is 2.37. The zero-order valence-electron chi connectivity index (χ0n) is 11.7. The summed E-state index contributed by atoms with van der Waals surface area (Å²) in [5.74, 6) is 1.58. The molecule has 0 spiro atoms. The van der Waals surface area contributed by atoms with Crippen LogP contribution >= 0.6 is 27.5 Å². The molecule has 0 saturated carbocycles. The molecular formula is C17H16BrClO2. The van der Waals surface area contributed by atoms with Crippen molar-refractivity contribution in [1.82, 2.24) is 0 Å². The van der Waals surface area contributed by atoms with Crippen molar-refractivity contribution < 1.29 is 9.47 Å². The summed E-state index contributed by atoms with van der Waals surface area (Å²) in [5, 5.41) is -0.210. The van der Waals surface area contributed by atoms with Gasteiger partial charge in [-0.1, -0.05) is 28.1 Å². The van der Waals surface area contributed by atoms with Crippen LogP contribution in [0.25, 0.3) is 0 Å². The zero-order chi connectivity index (χ0) is 14.8. The maximum Gasteiger partial charge on any atom is 0.161 e. The fourth-order valence-corrected chi connectivity index (χ4v) is 3.33. The number of hydrogen-bond donors (Lipinski definition) is 0. The molecule has 0 bridgehead atoms. The van der Waals surface area contributed by atoms with E-state index in [0.29, 0.717) is 13.2 Å². The Hall–Kier alpha value is -1.19. The highest BCUT2D eigenvalue weighted by atomic mass is 79.9. The molecule has 1 aliphatic heterocycles. The summed E-state index contributed by atoms with van der Waals surface area (Å²) in [7, 11) is 0. The quantitative estimate of drug-likeness (QED) is 0.675. The van der Waals surface area contributed by atoms with Gasteiger partial charge in [0.05, 0.1) is 18.6 Å². The molecule has 0 aromatic heterocycles. The SMILES string of the molecule is Cc1cc(Br)cc(C(Cl)c2ccc3c(c2)OCCCO3)c1. The number of rotatable bonds is 2. The summed E-state index contributed by atoms with van der Waals surface area (Å²) in [6.07, 6.45) is 0.902. The smallest absolute Gasteiger partial charge is 0.161 e. The van der Waals surface area contributed by atoms with Crippen LogP contribution in [0.1, 0.15) is 28.5 Å². The van der Waals surface area contributed by atoms with Gasteiger partial charge in [0.2, 0.25) is 0 Å². The molecule has 1 atom stereocenters. The number of aryl methyl sites for hydroxylation is 1. The predicted molar refractivity (Wildman–Crippen MR) is 88.6 cm³/mol. The normalized spacial score (nSPS) is 15.4. The number of alkyl halides is 1. The third-order valence-corrected chi connectivity index (χ3v) is 4.38. The molecule has 0 aliphatic carbocycles. The van der Waals surface area contributed by atoms with Gasteiger partial charge in [0.1, 0.15) is 0 Å². The number of halogens is 2. The van der Waals surface area contributed by atoms with Crippen molar-refractivity contribution in [3.63, 3.8) is 0 Å². The first kappa shape index (κ1) is 14.7. The van der Waals surface area contributed by atoms with Crippen molar-refractivity contribution in [2.45, 2.75) is 18.7 Å². The molecule has 0 radical (unpaired) electrons. The first-order valence-electron chi connectivity index (χ1n) is 6.94. The molecule has 1 heterocycles.